The molecule has 0 rings (SSSR count). The van der Waals surface area contributed by atoms with E-state index in [2.05, 4.69) is 0 Å². The van der Waals surface area contributed by atoms with E-state index in [0.29, 0.717) is 5.75 Å². The van der Waals surface area contributed by atoms with Gasteiger partial charge in [-0.15, -0.1) is 0 Å². The second-order valence-corrected chi connectivity index (χ2v) is 1.34. The lowest BCUT2D eigenvalue weighted by Crippen LogP contribution is -1.81. The first kappa shape index (κ1) is 5.37. The smallest absolute Gasteiger partial charge is 0.161 e. The minimum Gasteiger partial charge on any atom is -0.396 e. The van der Waals surface area contributed by atoms with Crippen molar-refractivity contribution in [3.8, 4) is 0 Å². The summed E-state index contributed by atoms with van der Waals surface area (Å²) in [6, 6.07) is 0. The van der Waals surface area contributed by atoms with Gasteiger partial charge >= 0.3 is 0 Å². The molecule has 28 valence electrons. The van der Waals surface area contributed by atoms with Gasteiger partial charge in [0.1, 0.15) is 0 Å². The summed E-state index contributed by atoms with van der Waals surface area (Å²) in [4.78, 5) is 0. The summed E-state index contributed by atoms with van der Waals surface area (Å²) in [6.07, 6.45) is 0. The van der Waals surface area contributed by atoms with Gasteiger partial charge in [-0.3, -0.25) is 0 Å². The second-order valence-electron chi connectivity index (χ2n) is 0.594. The molecule has 0 fully saturated rings. The topological polar surface area (TPSA) is 20.2 Å². The van der Waals surface area contributed by atoms with Crippen LogP contribution in [0.1, 0.15) is 0 Å². The number of aliphatic hydroxyl groups is 1. The lowest BCUT2D eigenvalue weighted by molar-refractivity contribution is 0.323. The molecule has 5 heavy (non-hydrogen) atoms. The average Bonchev–Trinajstić information content (AvgIpc) is 1.41. The van der Waals surface area contributed by atoms with Gasteiger partial charge in [0, 0.05) is 5.75 Å². The summed E-state index contributed by atoms with van der Waals surface area (Å²) in [5, 5.41) is 7.97. The summed E-state index contributed by atoms with van der Waals surface area (Å²) in [5.41, 5.74) is 0. The maximum atomic E-state index is 7.97. The average molecular weight is 87.9 g/mol. The molecular formula is C2H5BOS. The van der Waals surface area contributed by atoms with E-state index >= 15 is 0 Å². The first-order valence-corrected chi connectivity index (χ1v) is 2.39. The van der Waals surface area contributed by atoms with Gasteiger partial charge in [0.25, 0.3) is 0 Å². The number of rotatable bonds is 2. The van der Waals surface area contributed by atoms with E-state index < -0.39 is 0 Å². The molecule has 0 amide bonds. The molecule has 2 radical (unpaired) electrons. The Morgan fingerprint density at radius 1 is 1.80 bits per heavy atom. The molecule has 0 aromatic rings. The van der Waals surface area contributed by atoms with Crippen LogP contribution in [0.4, 0.5) is 0 Å². The monoisotopic (exact) mass is 88.0 g/mol. The highest BCUT2D eigenvalue weighted by Gasteiger charge is 1.68. The van der Waals surface area contributed by atoms with Crippen LogP contribution in [0.15, 0.2) is 0 Å². The lowest BCUT2D eigenvalue weighted by atomic mass is 10.8. The standard InChI is InChI=1S/C2H5BOS/c3-5-2-1-4/h4H,1-2H2. The zero-order chi connectivity index (χ0) is 4.12. The Bertz CT molecular complexity index is 17.1. The van der Waals surface area contributed by atoms with Gasteiger partial charge in [-0.25, -0.2) is 11.6 Å². The summed E-state index contributed by atoms with van der Waals surface area (Å²) < 4.78 is 0. The largest absolute Gasteiger partial charge is 0.396 e. The van der Waals surface area contributed by atoms with Gasteiger partial charge in [-0.1, -0.05) is 0 Å². The van der Waals surface area contributed by atoms with Crippen LogP contribution in [0.2, 0.25) is 0 Å². The van der Waals surface area contributed by atoms with Crippen LogP contribution in [-0.2, 0) is 0 Å². The first-order chi connectivity index (χ1) is 2.41. The zero-order valence-electron chi connectivity index (χ0n) is 2.85. The summed E-state index contributed by atoms with van der Waals surface area (Å²) in [7, 11) is 4.90. The molecule has 0 aliphatic rings. The highest BCUT2D eigenvalue weighted by Crippen LogP contribution is 1.83. The van der Waals surface area contributed by atoms with Crippen LogP contribution in [0.25, 0.3) is 0 Å². The van der Waals surface area contributed by atoms with Crippen LogP contribution in [0.3, 0.4) is 0 Å². The molecule has 0 bridgehead atoms. The van der Waals surface area contributed by atoms with Crippen molar-refractivity contribution in [3.63, 3.8) is 0 Å². The van der Waals surface area contributed by atoms with Crippen LogP contribution >= 0.6 is 11.6 Å². The quantitative estimate of drug-likeness (QED) is 0.471. The summed E-state index contributed by atoms with van der Waals surface area (Å²) in [5.74, 6) is 0.639. The molecule has 1 N–H and O–H groups in total. The van der Waals surface area contributed by atoms with Gasteiger partial charge < -0.3 is 5.11 Å². The molecule has 0 aliphatic heterocycles. The molecule has 3 heteroatoms. The zero-order valence-corrected chi connectivity index (χ0v) is 3.66. The van der Waals surface area contributed by atoms with E-state index in [1.807, 2.05) is 0 Å². The molecule has 0 atom stereocenters. The Morgan fingerprint density at radius 2 is 2.40 bits per heavy atom. The number of hydrogen-bond acceptors (Lipinski definition) is 2. The first-order valence-electron chi connectivity index (χ1n) is 1.34. The van der Waals surface area contributed by atoms with Crippen molar-refractivity contribution >= 4 is 18.7 Å². The Hall–Kier alpha value is 0.375. The Kier molecular flexibility index (Phi) is 4.70. The van der Waals surface area contributed by atoms with E-state index in [-0.39, 0.29) is 6.61 Å². The molecule has 0 aromatic heterocycles. The van der Waals surface area contributed by atoms with Gasteiger partial charge in [-0.05, 0) is 0 Å². The Balaban J connectivity index is 2.19. The van der Waals surface area contributed by atoms with E-state index in [4.69, 9.17) is 12.2 Å². The molecular weight excluding hydrogens is 82.9 g/mol. The highest BCUT2D eigenvalue weighted by molar-refractivity contribution is 8.19. The second kappa shape index (κ2) is 4.37. The summed E-state index contributed by atoms with van der Waals surface area (Å²) >= 11 is 1.15. The van der Waals surface area contributed by atoms with Gasteiger partial charge in [0.05, 0.1) is 6.61 Å². The third-order valence-electron chi connectivity index (χ3n) is 0.209. The molecule has 0 unspecified atom stereocenters. The Morgan fingerprint density at radius 3 is 2.40 bits per heavy atom. The van der Waals surface area contributed by atoms with Crippen molar-refractivity contribution in [2.24, 2.45) is 0 Å². The predicted molar refractivity (Wildman–Crippen MR) is 25.3 cm³/mol. The maximum Gasteiger partial charge on any atom is 0.161 e. The van der Waals surface area contributed by atoms with Crippen molar-refractivity contribution < 1.29 is 5.11 Å². The molecule has 0 spiro atoms. The van der Waals surface area contributed by atoms with Crippen LogP contribution in [-0.4, -0.2) is 24.6 Å². The van der Waals surface area contributed by atoms with Crippen molar-refractivity contribution in [1.29, 1.82) is 0 Å². The van der Waals surface area contributed by atoms with Crippen molar-refractivity contribution in [1.82, 2.24) is 0 Å². The molecule has 1 nitrogen and oxygen atoms in total. The summed E-state index contributed by atoms with van der Waals surface area (Å²) in [6.45, 7) is 0.182. The van der Waals surface area contributed by atoms with E-state index in [0.717, 1.165) is 11.6 Å². The van der Waals surface area contributed by atoms with E-state index in [9.17, 15) is 0 Å². The molecule has 0 aliphatic carbocycles. The molecule has 0 saturated carbocycles. The van der Waals surface area contributed by atoms with Gasteiger partial charge in [0.2, 0.25) is 0 Å². The predicted octanol–water partition coefficient (Wildman–Crippen LogP) is -0.205. The van der Waals surface area contributed by atoms with Gasteiger partial charge in [-0.2, -0.15) is 0 Å². The number of hydrogen-bond donors (Lipinski definition) is 1. The lowest BCUT2D eigenvalue weighted by Gasteiger charge is -1.80. The normalized spacial score (nSPS) is 8.20. The molecule has 0 saturated heterocycles. The SMILES string of the molecule is [B]SCCO. The highest BCUT2D eigenvalue weighted by atomic mass is 32.2. The third-order valence-corrected chi connectivity index (χ3v) is 0.627. The fourth-order valence-electron chi connectivity index (χ4n) is 0.0527. The van der Waals surface area contributed by atoms with Crippen molar-refractivity contribution in [3.05, 3.63) is 0 Å². The van der Waals surface area contributed by atoms with Crippen LogP contribution in [0, 0.1) is 0 Å². The minimum absolute atomic E-state index is 0.182. The van der Waals surface area contributed by atoms with Crippen molar-refractivity contribution in [2.45, 2.75) is 0 Å². The minimum atomic E-state index is 0.182. The fourth-order valence-corrected chi connectivity index (χ4v) is 0.158. The maximum absolute atomic E-state index is 7.97. The number of aliphatic hydroxyl groups excluding tert-OH is 1. The Labute approximate surface area is 37.1 Å². The fraction of sp³-hybridized carbons (Fsp3) is 1.00. The molecule has 0 heterocycles. The van der Waals surface area contributed by atoms with Crippen molar-refractivity contribution in [2.75, 3.05) is 12.4 Å². The van der Waals surface area contributed by atoms with Crippen LogP contribution < -0.4 is 0 Å². The van der Waals surface area contributed by atoms with Crippen LogP contribution in [0.5, 0.6) is 0 Å². The van der Waals surface area contributed by atoms with E-state index in [1.165, 1.54) is 0 Å². The molecule has 0 aromatic carbocycles. The third kappa shape index (κ3) is 4.37. The van der Waals surface area contributed by atoms with Gasteiger partial charge in [0.15, 0.2) is 7.12 Å². The van der Waals surface area contributed by atoms with E-state index in [1.54, 1.807) is 0 Å².